The first kappa shape index (κ1) is 13.9. The van der Waals surface area contributed by atoms with E-state index in [0.717, 1.165) is 22.8 Å². The molecule has 112 valence electrons. The molecule has 3 aromatic rings. The molecule has 6 nitrogen and oxygen atoms in total. The summed E-state index contributed by atoms with van der Waals surface area (Å²) in [4.78, 5) is 14.5. The Morgan fingerprint density at radius 2 is 1.91 bits per heavy atom. The molecule has 0 amide bonds. The van der Waals surface area contributed by atoms with E-state index in [9.17, 15) is 4.79 Å². The van der Waals surface area contributed by atoms with E-state index in [1.807, 2.05) is 36.4 Å². The first-order valence-electron chi connectivity index (χ1n) is 6.54. The maximum absolute atomic E-state index is 10.7. The SMILES string of the molecule is COc1ccc2ccc(OCc3nc(C(=O)O)co3)cc2c1. The fourth-order valence-electron chi connectivity index (χ4n) is 2.04. The highest BCUT2D eigenvalue weighted by atomic mass is 16.5. The fraction of sp³-hybridized carbons (Fsp3) is 0.125. The van der Waals surface area contributed by atoms with Gasteiger partial charge in [0.25, 0.3) is 0 Å². The van der Waals surface area contributed by atoms with Gasteiger partial charge in [-0.25, -0.2) is 9.78 Å². The molecule has 0 saturated carbocycles. The van der Waals surface area contributed by atoms with Crippen LogP contribution in [0.15, 0.2) is 47.1 Å². The number of ether oxygens (including phenoxy) is 2. The lowest BCUT2D eigenvalue weighted by molar-refractivity contribution is 0.0690. The highest BCUT2D eigenvalue weighted by Gasteiger charge is 2.10. The minimum absolute atomic E-state index is 0.0583. The number of hydrogen-bond acceptors (Lipinski definition) is 5. The predicted octanol–water partition coefficient (Wildman–Crippen LogP) is 3.11. The molecule has 0 fully saturated rings. The number of oxazole rings is 1. The summed E-state index contributed by atoms with van der Waals surface area (Å²) in [6.07, 6.45) is 1.09. The molecule has 0 saturated heterocycles. The van der Waals surface area contributed by atoms with E-state index in [0.29, 0.717) is 5.75 Å². The first-order valence-corrected chi connectivity index (χ1v) is 6.54. The van der Waals surface area contributed by atoms with E-state index >= 15 is 0 Å². The minimum Gasteiger partial charge on any atom is -0.497 e. The van der Waals surface area contributed by atoms with Crippen LogP contribution in [0.1, 0.15) is 16.4 Å². The molecular formula is C16H13NO5. The van der Waals surface area contributed by atoms with Crippen LogP contribution in [0.2, 0.25) is 0 Å². The lowest BCUT2D eigenvalue weighted by Gasteiger charge is -2.06. The van der Waals surface area contributed by atoms with Crippen LogP contribution in [-0.2, 0) is 6.61 Å². The summed E-state index contributed by atoms with van der Waals surface area (Å²) < 4.78 is 15.8. The van der Waals surface area contributed by atoms with Crippen molar-refractivity contribution in [2.24, 2.45) is 0 Å². The number of carbonyl (C=O) groups is 1. The quantitative estimate of drug-likeness (QED) is 0.779. The molecule has 22 heavy (non-hydrogen) atoms. The zero-order valence-corrected chi connectivity index (χ0v) is 11.8. The summed E-state index contributed by atoms with van der Waals surface area (Å²) in [5.41, 5.74) is -0.137. The Morgan fingerprint density at radius 1 is 1.18 bits per heavy atom. The van der Waals surface area contributed by atoms with Crippen molar-refractivity contribution in [3.8, 4) is 11.5 Å². The minimum atomic E-state index is -1.13. The van der Waals surface area contributed by atoms with Crippen molar-refractivity contribution in [2.75, 3.05) is 7.11 Å². The second-order valence-electron chi connectivity index (χ2n) is 4.60. The second kappa shape index (κ2) is 5.77. The van der Waals surface area contributed by atoms with E-state index in [4.69, 9.17) is 19.0 Å². The van der Waals surface area contributed by atoms with Crippen LogP contribution in [0.3, 0.4) is 0 Å². The number of hydrogen-bond donors (Lipinski definition) is 1. The highest BCUT2D eigenvalue weighted by molar-refractivity contribution is 5.85. The topological polar surface area (TPSA) is 81.8 Å². The molecule has 0 aliphatic rings. The molecule has 0 aliphatic carbocycles. The van der Waals surface area contributed by atoms with Crippen LogP contribution in [0.25, 0.3) is 10.8 Å². The van der Waals surface area contributed by atoms with Crippen LogP contribution in [-0.4, -0.2) is 23.2 Å². The number of aromatic carboxylic acids is 1. The van der Waals surface area contributed by atoms with Gasteiger partial charge in [-0.2, -0.15) is 0 Å². The molecule has 0 atom stereocenters. The largest absolute Gasteiger partial charge is 0.497 e. The molecule has 0 aliphatic heterocycles. The Hall–Kier alpha value is -3.02. The zero-order chi connectivity index (χ0) is 15.5. The fourth-order valence-corrected chi connectivity index (χ4v) is 2.04. The molecule has 1 aromatic heterocycles. The van der Waals surface area contributed by atoms with Gasteiger partial charge in [-0.1, -0.05) is 12.1 Å². The van der Waals surface area contributed by atoms with Gasteiger partial charge in [0.1, 0.15) is 17.8 Å². The summed E-state index contributed by atoms with van der Waals surface area (Å²) in [5.74, 6) is 0.482. The number of carboxylic acid groups (broad SMARTS) is 1. The average Bonchev–Trinajstić information content (AvgIpc) is 3.01. The molecule has 0 unspecified atom stereocenters. The average molecular weight is 299 g/mol. The smallest absolute Gasteiger partial charge is 0.357 e. The first-order chi connectivity index (χ1) is 10.7. The Labute approximate surface area is 125 Å². The number of rotatable bonds is 5. The Kier molecular flexibility index (Phi) is 3.65. The van der Waals surface area contributed by atoms with Crippen molar-refractivity contribution in [2.45, 2.75) is 6.61 Å². The molecule has 3 rings (SSSR count). The van der Waals surface area contributed by atoms with E-state index in [1.54, 1.807) is 7.11 Å². The zero-order valence-electron chi connectivity index (χ0n) is 11.8. The molecule has 0 spiro atoms. The van der Waals surface area contributed by atoms with Gasteiger partial charge in [-0.05, 0) is 35.0 Å². The normalized spacial score (nSPS) is 10.6. The molecular weight excluding hydrogens is 286 g/mol. The Bertz CT molecular complexity index is 824. The van der Waals surface area contributed by atoms with Crippen LogP contribution in [0.5, 0.6) is 11.5 Å². The third-order valence-electron chi connectivity index (χ3n) is 3.15. The van der Waals surface area contributed by atoms with Crippen molar-refractivity contribution in [3.05, 3.63) is 54.2 Å². The van der Waals surface area contributed by atoms with Gasteiger partial charge in [0.2, 0.25) is 5.89 Å². The molecule has 2 aromatic carbocycles. The van der Waals surface area contributed by atoms with Gasteiger partial charge in [0.05, 0.1) is 7.11 Å². The predicted molar refractivity (Wildman–Crippen MR) is 78.3 cm³/mol. The van der Waals surface area contributed by atoms with Crippen molar-refractivity contribution in [1.29, 1.82) is 0 Å². The van der Waals surface area contributed by atoms with E-state index in [1.165, 1.54) is 0 Å². The monoisotopic (exact) mass is 299 g/mol. The molecule has 0 radical (unpaired) electrons. The summed E-state index contributed by atoms with van der Waals surface area (Å²) in [6, 6.07) is 11.4. The summed E-state index contributed by atoms with van der Waals surface area (Å²) in [5, 5.41) is 10.8. The lowest BCUT2D eigenvalue weighted by atomic mass is 10.1. The number of aromatic nitrogens is 1. The standard InChI is InChI=1S/C16H13NO5/c1-20-12-4-2-10-3-5-13(7-11(10)6-12)21-9-15-17-14(8-22-15)16(18)19/h2-8H,9H2,1H3,(H,18,19). The molecule has 1 heterocycles. The van der Waals surface area contributed by atoms with Gasteiger partial charge in [0.15, 0.2) is 12.3 Å². The Morgan fingerprint density at radius 3 is 2.59 bits per heavy atom. The van der Waals surface area contributed by atoms with Crippen LogP contribution >= 0.6 is 0 Å². The number of methoxy groups -OCH3 is 1. The van der Waals surface area contributed by atoms with E-state index in [2.05, 4.69) is 4.98 Å². The number of fused-ring (bicyclic) bond motifs is 1. The number of benzene rings is 2. The maximum atomic E-state index is 10.7. The van der Waals surface area contributed by atoms with Crippen molar-refractivity contribution in [1.82, 2.24) is 4.98 Å². The van der Waals surface area contributed by atoms with E-state index in [-0.39, 0.29) is 18.2 Å². The van der Waals surface area contributed by atoms with E-state index < -0.39 is 5.97 Å². The summed E-state index contributed by atoms with van der Waals surface area (Å²) >= 11 is 0. The van der Waals surface area contributed by atoms with Gasteiger partial charge in [-0.15, -0.1) is 0 Å². The van der Waals surface area contributed by atoms with Crippen LogP contribution < -0.4 is 9.47 Å². The van der Waals surface area contributed by atoms with Crippen LogP contribution in [0.4, 0.5) is 0 Å². The van der Waals surface area contributed by atoms with Gasteiger partial charge in [-0.3, -0.25) is 0 Å². The lowest BCUT2D eigenvalue weighted by Crippen LogP contribution is -1.99. The van der Waals surface area contributed by atoms with Gasteiger partial charge >= 0.3 is 5.97 Å². The second-order valence-corrected chi connectivity index (χ2v) is 4.60. The van der Waals surface area contributed by atoms with Gasteiger partial charge in [0, 0.05) is 0 Å². The molecule has 1 N–H and O–H groups in total. The molecule has 0 bridgehead atoms. The summed E-state index contributed by atoms with van der Waals surface area (Å²) in [7, 11) is 1.62. The number of carboxylic acids is 1. The highest BCUT2D eigenvalue weighted by Crippen LogP contribution is 2.25. The maximum Gasteiger partial charge on any atom is 0.357 e. The van der Waals surface area contributed by atoms with Gasteiger partial charge < -0.3 is 19.0 Å². The third kappa shape index (κ3) is 2.85. The summed E-state index contributed by atoms with van der Waals surface area (Å²) in [6.45, 7) is 0.0583. The van der Waals surface area contributed by atoms with Crippen LogP contribution in [0, 0.1) is 0 Å². The van der Waals surface area contributed by atoms with Crippen molar-refractivity contribution in [3.63, 3.8) is 0 Å². The third-order valence-corrected chi connectivity index (χ3v) is 3.15. The Balaban J connectivity index is 1.76. The number of nitrogens with zero attached hydrogens (tertiary/aromatic N) is 1. The molecule has 6 heteroatoms. The van der Waals surface area contributed by atoms with Crippen molar-refractivity contribution >= 4 is 16.7 Å². The van der Waals surface area contributed by atoms with Crippen molar-refractivity contribution < 1.29 is 23.8 Å².